The van der Waals surface area contributed by atoms with Gasteiger partial charge in [-0.25, -0.2) is 0 Å². The molecule has 2 aromatic heterocycles. The molecule has 0 spiro atoms. The summed E-state index contributed by atoms with van der Waals surface area (Å²) in [4.78, 5) is 3.88. The van der Waals surface area contributed by atoms with Crippen molar-refractivity contribution < 1.29 is 0 Å². The minimum atomic E-state index is 0.337. The van der Waals surface area contributed by atoms with Crippen LogP contribution in [0.15, 0.2) is 16.6 Å². The number of aromatic nitrogens is 1. The van der Waals surface area contributed by atoms with Gasteiger partial charge in [-0.15, -0.1) is 11.3 Å². The summed E-state index contributed by atoms with van der Waals surface area (Å²) in [6, 6.07) is 5.70. The number of H-pyrrole nitrogens is 1. The molecule has 0 atom stereocenters. The molecule has 0 aliphatic rings. The number of nitrogens with zero attached hydrogens (tertiary/aromatic N) is 1. The molecule has 2 heterocycles. The monoisotopic (exact) mass is 320 g/mol. The Bertz CT molecular complexity index is 553. The SMILES string of the molecule is N#Cc1c(Cl)[nH]c(-c2ccc(Cl)s2)c1Br. The predicted octanol–water partition coefficient (Wildman–Crippen LogP) is 4.68. The Balaban J connectivity index is 2.60. The molecule has 0 bridgehead atoms. The summed E-state index contributed by atoms with van der Waals surface area (Å²) in [6.07, 6.45) is 0. The van der Waals surface area contributed by atoms with Crippen LogP contribution in [0.1, 0.15) is 5.56 Å². The van der Waals surface area contributed by atoms with Crippen molar-refractivity contribution in [2.24, 2.45) is 0 Å². The largest absolute Gasteiger partial charge is 0.343 e. The standard InChI is InChI=1S/C9H3BrCl2N2S/c10-7-4(3-13)9(12)14-8(7)5-1-2-6(11)15-5/h1-2,14H. The van der Waals surface area contributed by atoms with E-state index in [0.717, 1.165) is 10.6 Å². The van der Waals surface area contributed by atoms with E-state index in [9.17, 15) is 0 Å². The third kappa shape index (κ3) is 1.93. The Morgan fingerprint density at radius 2 is 2.13 bits per heavy atom. The lowest BCUT2D eigenvalue weighted by Gasteiger charge is -1.92. The normalized spacial score (nSPS) is 10.3. The summed E-state index contributed by atoms with van der Waals surface area (Å²) in [5, 5.41) is 9.19. The van der Waals surface area contributed by atoms with Crippen LogP contribution in [0.4, 0.5) is 0 Å². The molecule has 2 rings (SSSR count). The van der Waals surface area contributed by atoms with E-state index in [-0.39, 0.29) is 0 Å². The molecule has 76 valence electrons. The molecule has 0 aliphatic carbocycles. The Morgan fingerprint density at radius 3 is 2.60 bits per heavy atom. The van der Waals surface area contributed by atoms with Crippen molar-refractivity contribution in [1.82, 2.24) is 4.98 Å². The number of nitrogens with one attached hydrogen (secondary N) is 1. The van der Waals surface area contributed by atoms with Crippen LogP contribution in [0.25, 0.3) is 10.6 Å². The summed E-state index contributed by atoms with van der Waals surface area (Å²) >= 11 is 16.5. The highest BCUT2D eigenvalue weighted by atomic mass is 79.9. The van der Waals surface area contributed by atoms with E-state index in [1.165, 1.54) is 11.3 Å². The molecule has 0 unspecified atom stereocenters. The van der Waals surface area contributed by atoms with Crippen LogP contribution in [-0.2, 0) is 0 Å². The maximum Gasteiger partial charge on any atom is 0.125 e. The molecule has 0 fully saturated rings. The molecule has 0 saturated carbocycles. The van der Waals surface area contributed by atoms with Crippen LogP contribution in [0.2, 0.25) is 9.49 Å². The Hall–Kier alpha value is -0.470. The summed E-state index contributed by atoms with van der Waals surface area (Å²) in [5.41, 5.74) is 1.20. The van der Waals surface area contributed by atoms with Crippen LogP contribution in [-0.4, -0.2) is 4.98 Å². The van der Waals surface area contributed by atoms with Gasteiger partial charge in [0.25, 0.3) is 0 Å². The molecule has 6 heteroatoms. The molecule has 1 N–H and O–H groups in total. The van der Waals surface area contributed by atoms with Gasteiger partial charge in [-0.1, -0.05) is 23.2 Å². The molecule has 2 aromatic rings. The van der Waals surface area contributed by atoms with Crippen LogP contribution in [0, 0.1) is 11.3 Å². The minimum Gasteiger partial charge on any atom is -0.343 e. The van der Waals surface area contributed by atoms with E-state index in [0.29, 0.717) is 19.5 Å². The maximum absolute atomic E-state index is 8.86. The average molecular weight is 322 g/mol. The molecular weight excluding hydrogens is 319 g/mol. The summed E-state index contributed by atoms with van der Waals surface area (Å²) in [6.45, 7) is 0. The quantitative estimate of drug-likeness (QED) is 0.813. The molecule has 15 heavy (non-hydrogen) atoms. The van der Waals surface area contributed by atoms with Crippen LogP contribution in [0.5, 0.6) is 0 Å². The first-order valence-electron chi connectivity index (χ1n) is 3.86. The highest BCUT2D eigenvalue weighted by Crippen LogP contribution is 2.38. The lowest BCUT2D eigenvalue weighted by molar-refractivity contribution is 1.40. The van der Waals surface area contributed by atoms with Gasteiger partial charge in [0, 0.05) is 0 Å². The van der Waals surface area contributed by atoms with Crippen molar-refractivity contribution >= 4 is 50.5 Å². The molecule has 0 radical (unpaired) electrons. The minimum absolute atomic E-state index is 0.337. The van der Waals surface area contributed by atoms with Gasteiger partial charge in [0.1, 0.15) is 16.8 Å². The Morgan fingerprint density at radius 1 is 1.40 bits per heavy atom. The van der Waals surface area contributed by atoms with Crippen molar-refractivity contribution in [3.8, 4) is 16.6 Å². The lowest BCUT2D eigenvalue weighted by atomic mass is 10.3. The van der Waals surface area contributed by atoms with Crippen molar-refractivity contribution in [2.75, 3.05) is 0 Å². The van der Waals surface area contributed by atoms with Crippen LogP contribution < -0.4 is 0 Å². The number of hydrogen-bond acceptors (Lipinski definition) is 2. The van der Waals surface area contributed by atoms with Crippen molar-refractivity contribution in [1.29, 1.82) is 5.26 Å². The molecular formula is C9H3BrCl2N2S. The second-order valence-electron chi connectivity index (χ2n) is 2.72. The number of rotatable bonds is 1. The van der Waals surface area contributed by atoms with Gasteiger partial charge in [0.15, 0.2) is 0 Å². The van der Waals surface area contributed by atoms with Gasteiger partial charge in [-0.05, 0) is 28.1 Å². The van der Waals surface area contributed by atoms with Crippen LogP contribution in [0.3, 0.4) is 0 Å². The van der Waals surface area contributed by atoms with E-state index in [2.05, 4.69) is 20.9 Å². The van der Waals surface area contributed by atoms with Crippen molar-refractivity contribution in [3.63, 3.8) is 0 Å². The third-order valence-corrected chi connectivity index (χ3v) is 4.15. The zero-order valence-electron chi connectivity index (χ0n) is 7.14. The fraction of sp³-hybridized carbons (Fsp3) is 0. The molecule has 0 aliphatic heterocycles. The van der Waals surface area contributed by atoms with E-state index in [4.69, 9.17) is 28.5 Å². The van der Waals surface area contributed by atoms with Crippen LogP contribution >= 0.6 is 50.5 Å². The topological polar surface area (TPSA) is 39.6 Å². The van der Waals surface area contributed by atoms with Crippen molar-refractivity contribution in [3.05, 3.63) is 31.7 Å². The second kappa shape index (κ2) is 4.18. The van der Waals surface area contributed by atoms with Gasteiger partial charge in [0.05, 0.1) is 19.4 Å². The molecule has 2 nitrogen and oxygen atoms in total. The molecule has 0 amide bonds. The first kappa shape index (κ1) is 11.0. The van der Waals surface area contributed by atoms with Gasteiger partial charge >= 0.3 is 0 Å². The van der Waals surface area contributed by atoms with E-state index in [1.807, 2.05) is 12.1 Å². The van der Waals surface area contributed by atoms with E-state index >= 15 is 0 Å². The van der Waals surface area contributed by atoms with E-state index in [1.54, 1.807) is 6.07 Å². The van der Waals surface area contributed by atoms with E-state index < -0.39 is 0 Å². The fourth-order valence-corrected chi connectivity index (χ4v) is 3.29. The zero-order valence-corrected chi connectivity index (χ0v) is 11.1. The van der Waals surface area contributed by atoms with Gasteiger partial charge in [-0.2, -0.15) is 5.26 Å². The Labute approximate surface area is 109 Å². The highest BCUT2D eigenvalue weighted by molar-refractivity contribution is 9.10. The number of thiophene rings is 1. The zero-order chi connectivity index (χ0) is 11.0. The average Bonchev–Trinajstić information content (AvgIpc) is 2.71. The molecule has 0 aromatic carbocycles. The van der Waals surface area contributed by atoms with Crippen molar-refractivity contribution in [2.45, 2.75) is 0 Å². The fourth-order valence-electron chi connectivity index (χ4n) is 1.17. The third-order valence-electron chi connectivity index (χ3n) is 1.82. The smallest absolute Gasteiger partial charge is 0.125 e. The first-order valence-corrected chi connectivity index (χ1v) is 6.22. The number of hydrogen-bond donors (Lipinski definition) is 1. The number of aromatic amines is 1. The number of halogens is 3. The maximum atomic E-state index is 8.86. The lowest BCUT2D eigenvalue weighted by Crippen LogP contribution is -1.71. The van der Waals surface area contributed by atoms with Gasteiger partial charge in [0.2, 0.25) is 0 Å². The number of nitriles is 1. The molecule has 0 saturated heterocycles. The van der Waals surface area contributed by atoms with Gasteiger partial charge in [-0.3, -0.25) is 0 Å². The first-order chi connectivity index (χ1) is 7.13. The highest BCUT2D eigenvalue weighted by Gasteiger charge is 2.16. The Kier molecular flexibility index (Phi) is 3.08. The second-order valence-corrected chi connectivity index (χ2v) is 5.60. The summed E-state index contributed by atoms with van der Waals surface area (Å²) in [7, 11) is 0. The van der Waals surface area contributed by atoms with Gasteiger partial charge < -0.3 is 4.98 Å². The summed E-state index contributed by atoms with van der Waals surface area (Å²) in [5.74, 6) is 0. The predicted molar refractivity (Wildman–Crippen MR) is 66.5 cm³/mol. The summed E-state index contributed by atoms with van der Waals surface area (Å²) < 4.78 is 1.37.